The number of aromatic nitrogens is 2. The van der Waals surface area contributed by atoms with Crippen LogP contribution in [0.4, 0.5) is 4.39 Å². The van der Waals surface area contributed by atoms with E-state index < -0.39 is 0 Å². The van der Waals surface area contributed by atoms with E-state index in [4.69, 9.17) is 9.47 Å². The van der Waals surface area contributed by atoms with Crippen LogP contribution < -0.4 is 9.47 Å². The van der Waals surface area contributed by atoms with Gasteiger partial charge < -0.3 is 14.5 Å². The van der Waals surface area contributed by atoms with E-state index in [1.165, 1.54) is 12.1 Å². The lowest BCUT2D eigenvalue weighted by Crippen LogP contribution is -2.06. The quantitative estimate of drug-likeness (QED) is 0.684. The summed E-state index contributed by atoms with van der Waals surface area (Å²) in [7, 11) is 1.56. The summed E-state index contributed by atoms with van der Waals surface area (Å²) < 4.78 is 24.4. The van der Waals surface area contributed by atoms with Crippen molar-refractivity contribution in [3.05, 3.63) is 53.6 Å². The van der Waals surface area contributed by atoms with Gasteiger partial charge in [-0.3, -0.25) is 0 Å². The first-order valence-electron chi connectivity index (χ1n) is 8.12. The zero-order chi connectivity index (χ0) is 18.7. The van der Waals surface area contributed by atoms with Crippen LogP contribution in [-0.2, 0) is 0 Å². The summed E-state index contributed by atoms with van der Waals surface area (Å²) in [5, 5.41) is 9.51. The first-order valence-corrected chi connectivity index (χ1v) is 8.12. The lowest BCUT2D eigenvalue weighted by Gasteiger charge is -2.13. The van der Waals surface area contributed by atoms with Crippen LogP contribution in [0.2, 0.25) is 0 Å². The molecular formula is C20H18FN3O2. The van der Waals surface area contributed by atoms with Crippen molar-refractivity contribution in [1.82, 2.24) is 9.97 Å². The molecule has 132 valence electrons. The van der Waals surface area contributed by atoms with Crippen LogP contribution >= 0.6 is 0 Å². The molecule has 1 aromatic heterocycles. The number of hydrogen-bond donors (Lipinski definition) is 1. The van der Waals surface area contributed by atoms with Crippen LogP contribution in [-0.4, -0.2) is 23.2 Å². The van der Waals surface area contributed by atoms with Crippen LogP contribution in [0.15, 0.2) is 36.4 Å². The van der Waals surface area contributed by atoms with Crippen LogP contribution in [0.3, 0.4) is 0 Å². The normalized spacial score (nSPS) is 11.6. The highest BCUT2D eigenvalue weighted by Crippen LogP contribution is 2.30. The number of H-pyrrole nitrogens is 1. The second-order valence-corrected chi connectivity index (χ2v) is 5.99. The van der Waals surface area contributed by atoms with E-state index in [0.29, 0.717) is 33.9 Å². The van der Waals surface area contributed by atoms with Crippen LogP contribution in [0.25, 0.3) is 22.7 Å². The van der Waals surface area contributed by atoms with E-state index in [9.17, 15) is 9.65 Å². The Balaban J connectivity index is 1.99. The van der Waals surface area contributed by atoms with Crippen LogP contribution in [0.1, 0.15) is 25.2 Å². The zero-order valence-electron chi connectivity index (χ0n) is 14.7. The topological polar surface area (TPSA) is 70.9 Å². The van der Waals surface area contributed by atoms with Gasteiger partial charge in [0.05, 0.1) is 29.8 Å². The van der Waals surface area contributed by atoms with Gasteiger partial charge in [0.15, 0.2) is 11.5 Å². The van der Waals surface area contributed by atoms with Gasteiger partial charge in [-0.2, -0.15) is 5.26 Å². The highest BCUT2D eigenvalue weighted by molar-refractivity contribution is 5.90. The van der Waals surface area contributed by atoms with Gasteiger partial charge in [0, 0.05) is 0 Å². The monoisotopic (exact) mass is 351 g/mol. The third-order valence-corrected chi connectivity index (χ3v) is 3.68. The van der Waals surface area contributed by atoms with Crippen molar-refractivity contribution in [2.75, 3.05) is 7.11 Å². The summed E-state index contributed by atoms with van der Waals surface area (Å²) in [5.74, 6) is 1.24. The van der Waals surface area contributed by atoms with Gasteiger partial charge in [0.1, 0.15) is 17.7 Å². The van der Waals surface area contributed by atoms with Gasteiger partial charge in [-0.05, 0) is 55.8 Å². The number of benzene rings is 2. The highest BCUT2D eigenvalue weighted by atomic mass is 19.1. The molecule has 0 bridgehead atoms. The largest absolute Gasteiger partial charge is 0.493 e. The summed E-state index contributed by atoms with van der Waals surface area (Å²) in [6.07, 6.45) is 1.71. The molecule has 0 unspecified atom stereocenters. The maximum absolute atomic E-state index is 13.3. The summed E-state index contributed by atoms with van der Waals surface area (Å²) in [6, 6.07) is 11.8. The smallest absolute Gasteiger partial charge is 0.161 e. The van der Waals surface area contributed by atoms with Crippen molar-refractivity contribution < 1.29 is 13.9 Å². The fourth-order valence-electron chi connectivity index (χ4n) is 2.55. The number of aromatic amines is 1. The number of nitriles is 1. The molecule has 0 aliphatic carbocycles. The maximum Gasteiger partial charge on any atom is 0.161 e. The molecule has 0 saturated heterocycles. The van der Waals surface area contributed by atoms with Gasteiger partial charge in [0.25, 0.3) is 0 Å². The average Bonchev–Trinajstić information content (AvgIpc) is 3.03. The van der Waals surface area contributed by atoms with Gasteiger partial charge in [-0.1, -0.05) is 6.07 Å². The van der Waals surface area contributed by atoms with Crippen molar-refractivity contribution >= 4 is 22.7 Å². The molecule has 0 saturated carbocycles. The van der Waals surface area contributed by atoms with Crippen molar-refractivity contribution in [2.24, 2.45) is 0 Å². The molecule has 6 heteroatoms. The Labute approximate surface area is 150 Å². The third kappa shape index (κ3) is 3.67. The Morgan fingerprint density at radius 2 is 2.04 bits per heavy atom. The van der Waals surface area contributed by atoms with E-state index in [-0.39, 0.29) is 11.9 Å². The lowest BCUT2D eigenvalue weighted by molar-refractivity contribution is 0.230. The Kier molecular flexibility index (Phi) is 4.90. The number of nitrogens with zero attached hydrogens (tertiary/aromatic N) is 2. The molecule has 0 spiro atoms. The minimum atomic E-state index is -0.360. The van der Waals surface area contributed by atoms with Crippen molar-refractivity contribution in [3.63, 3.8) is 0 Å². The Bertz CT molecular complexity index is 1020. The number of imidazole rings is 1. The number of ether oxygens (including phenoxy) is 2. The van der Waals surface area contributed by atoms with E-state index in [2.05, 4.69) is 16.0 Å². The Hall–Kier alpha value is -3.33. The molecule has 1 N–H and O–H groups in total. The zero-order valence-corrected chi connectivity index (χ0v) is 14.7. The van der Waals surface area contributed by atoms with Gasteiger partial charge in [0.2, 0.25) is 0 Å². The molecule has 0 aliphatic rings. The van der Waals surface area contributed by atoms with E-state index in [0.717, 1.165) is 5.56 Å². The number of rotatable bonds is 5. The molecule has 2 aromatic carbocycles. The fourth-order valence-corrected chi connectivity index (χ4v) is 2.55. The molecule has 0 fully saturated rings. The summed E-state index contributed by atoms with van der Waals surface area (Å²) in [6.45, 7) is 3.87. The second kappa shape index (κ2) is 7.28. The molecule has 0 amide bonds. The number of fused-ring (bicyclic) bond motifs is 1. The number of allylic oxidation sites excluding steroid dienone is 1. The molecular weight excluding hydrogens is 333 g/mol. The Morgan fingerprint density at radius 3 is 2.73 bits per heavy atom. The molecule has 0 aliphatic heterocycles. The summed E-state index contributed by atoms with van der Waals surface area (Å²) >= 11 is 0. The number of methoxy groups -OCH3 is 1. The standard InChI is InChI=1S/C20H18FN3O2/c1-12(2)26-18-7-4-13(9-19(18)25-3)8-14(11-22)20-23-16-6-5-15(21)10-17(16)24-20/h4-10,12H,1-3H3,(H,23,24)/b14-8-. The molecule has 1 heterocycles. The van der Waals surface area contributed by atoms with Crippen molar-refractivity contribution in [1.29, 1.82) is 5.26 Å². The first kappa shape index (κ1) is 17.5. The van der Waals surface area contributed by atoms with Crippen molar-refractivity contribution in [2.45, 2.75) is 20.0 Å². The molecule has 5 nitrogen and oxygen atoms in total. The number of nitrogens with one attached hydrogen (secondary N) is 1. The van der Waals surface area contributed by atoms with E-state index in [1.807, 2.05) is 19.9 Å². The minimum absolute atomic E-state index is 0.0240. The van der Waals surface area contributed by atoms with E-state index in [1.54, 1.807) is 31.4 Å². The summed E-state index contributed by atoms with van der Waals surface area (Å²) in [5.41, 5.74) is 2.24. The van der Waals surface area contributed by atoms with Gasteiger partial charge in [-0.15, -0.1) is 0 Å². The predicted molar refractivity (Wildman–Crippen MR) is 98.3 cm³/mol. The lowest BCUT2D eigenvalue weighted by atomic mass is 10.1. The van der Waals surface area contributed by atoms with Crippen LogP contribution in [0.5, 0.6) is 11.5 Å². The molecule has 3 aromatic rings. The molecule has 26 heavy (non-hydrogen) atoms. The second-order valence-electron chi connectivity index (χ2n) is 5.99. The Morgan fingerprint density at radius 1 is 1.23 bits per heavy atom. The summed E-state index contributed by atoms with van der Waals surface area (Å²) in [4.78, 5) is 7.33. The third-order valence-electron chi connectivity index (χ3n) is 3.68. The van der Waals surface area contributed by atoms with Crippen molar-refractivity contribution in [3.8, 4) is 17.6 Å². The predicted octanol–water partition coefficient (Wildman–Crippen LogP) is 4.56. The molecule has 0 radical (unpaired) electrons. The number of hydrogen-bond acceptors (Lipinski definition) is 4. The minimum Gasteiger partial charge on any atom is -0.493 e. The van der Waals surface area contributed by atoms with Gasteiger partial charge in [-0.25, -0.2) is 9.37 Å². The average molecular weight is 351 g/mol. The molecule has 3 rings (SSSR count). The molecule has 0 atom stereocenters. The maximum atomic E-state index is 13.3. The fraction of sp³-hybridized carbons (Fsp3) is 0.200. The van der Waals surface area contributed by atoms with E-state index >= 15 is 0 Å². The van der Waals surface area contributed by atoms with Gasteiger partial charge >= 0.3 is 0 Å². The SMILES string of the molecule is COc1cc(/C=C(/C#N)c2nc3ccc(F)cc3[nH]2)ccc1OC(C)C. The first-order chi connectivity index (χ1) is 12.5. The highest BCUT2D eigenvalue weighted by Gasteiger charge is 2.11. The van der Waals surface area contributed by atoms with Crippen LogP contribution in [0, 0.1) is 17.1 Å². The number of halogens is 1.